The Labute approximate surface area is 91.7 Å². The monoisotopic (exact) mass is 256 g/mol. The molecule has 1 rings (SSSR count). The molecule has 0 amide bonds. The van der Waals surface area contributed by atoms with Crippen LogP contribution in [0.5, 0.6) is 11.5 Å². The van der Waals surface area contributed by atoms with Gasteiger partial charge in [-0.3, -0.25) is 4.79 Å². The highest BCUT2D eigenvalue weighted by Crippen LogP contribution is 2.35. The van der Waals surface area contributed by atoms with Crippen molar-refractivity contribution in [3.8, 4) is 11.5 Å². The predicted molar refractivity (Wildman–Crippen MR) is 45.1 cm³/mol. The van der Waals surface area contributed by atoms with Crippen molar-refractivity contribution in [1.82, 2.24) is 0 Å². The van der Waals surface area contributed by atoms with Crippen molar-refractivity contribution in [2.24, 2.45) is 0 Å². The molecule has 0 aliphatic carbocycles. The number of benzene rings is 1. The third kappa shape index (κ3) is 3.89. The van der Waals surface area contributed by atoms with E-state index in [2.05, 4.69) is 9.47 Å². The van der Waals surface area contributed by atoms with Crippen LogP contribution in [0.15, 0.2) is 18.2 Å². The first-order valence-electron chi connectivity index (χ1n) is 4.12. The highest BCUT2D eigenvalue weighted by atomic mass is 19.4. The summed E-state index contributed by atoms with van der Waals surface area (Å²) in [5.74, 6) is -1.95. The van der Waals surface area contributed by atoms with Gasteiger partial charge in [0.2, 0.25) is 0 Å². The minimum atomic E-state index is -5.11. The zero-order valence-electron chi connectivity index (χ0n) is 8.00. The van der Waals surface area contributed by atoms with Crippen LogP contribution >= 0.6 is 0 Å². The Hall–Kier alpha value is -1.86. The Balaban J connectivity index is 3.15. The molecule has 0 radical (unpaired) electrons. The molecular formula is C9H5F5O3. The molecule has 0 heterocycles. The second-order valence-electron chi connectivity index (χ2n) is 2.72. The fourth-order valence-electron chi connectivity index (χ4n) is 1.04. The topological polar surface area (TPSA) is 35.5 Å². The Bertz CT molecular complexity index is 402. The normalized spacial score (nSPS) is 11.4. The molecule has 3 nitrogen and oxygen atoms in total. The van der Waals surface area contributed by atoms with Crippen molar-refractivity contribution in [3.05, 3.63) is 23.8 Å². The Morgan fingerprint density at radius 2 is 1.88 bits per heavy atom. The van der Waals surface area contributed by atoms with Crippen molar-refractivity contribution in [3.63, 3.8) is 0 Å². The lowest BCUT2D eigenvalue weighted by Crippen LogP contribution is -2.19. The van der Waals surface area contributed by atoms with Gasteiger partial charge in [-0.25, -0.2) is 0 Å². The van der Waals surface area contributed by atoms with Crippen LogP contribution < -0.4 is 9.47 Å². The molecule has 0 saturated carbocycles. The van der Waals surface area contributed by atoms with Crippen molar-refractivity contribution in [2.75, 3.05) is 0 Å². The molecule has 0 unspecified atom stereocenters. The van der Waals surface area contributed by atoms with E-state index in [0.717, 1.165) is 18.2 Å². The number of rotatable bonds is 4. The number of hydrogen-bond acceptors (Lipinski definition) is 3. The van der Waals surface area contributed by atoms with Gasteiger partial charge in [-0.1, -0.05) is 6.07 Å². The van der Waals surface area contributed by atoms with Crippen LogP contribution in [0, 0.1) is 0 Å². The smallest absolute Gasteiger partial charge is 0.431 e. The minimum Gasteiger partial charge on any atom is -0.431 e. The van der Waals surface area contributed by atoms with Gasteiger partial charge < -0.3 is 9.47 Å². The molecular weight excluding hydrogens is 251 g/mol. The van der Waals surface area contributed by atoms with Crippen molar-refractivity contribution >= 4 is 6.29 Å². The minimum absolute atomic E-state index is 0.0411. The summed E-state index contributed by atoms with van der Waals surface area (Å²) < 4.78 is 67.1. The lowest BCUT2D eigenvalue weighted by atomic mass is 10.2. The van der Waals surface area contributed by atoms with E-state index in [-0.39, 0.29) is 6.29 Å². The first-order chi connectivity index (χ1) is 7.83. The molecule has 0 saturated heterocycles. The first kappa shape index (κ1) is 13.2. The summed E-state index contributed by atoms with van der Waals surface area (Å²) >= 11 is 0. The summed E-state index contributed by atoms with van der Waals surface area (Å²) in [4.78, 5) is 10.5. The molecule has 94 valence electrons. The number of carbonyl (C=O) groups is 1. The average Bonchev–Trinajstić information content (AvgIpc) is 2.17. The van der Waals surface area contributed by atoms with E-state index in [0.29, 0.717) is 0 Å². The van der Waals surface area contributed by atoms with Crippen LogP contribution in [0.3, 0.4) is 0 Å². The number of alkyl halides is 5. The van der Waals surface area contributed by atoms with Crippen LogP contribution in [-0.2, 0) is 0 Å². The van der Waals surface area contributed by atoms with Gasteiger partial charge in [-0.2, -0.15) is 8.78 Å². The SMILES string of the molecule is O=Cc1cccc(OC(F)F)c1OC(F)(F)F. The van der Waals surface area contributed by atoms with E-state index in [1.165, 1.54) is 0 Å². The quantitative estimate of drug-likeness (QED) is 0.613. The lowest BCUT2D eigenvalue weighted by Gasteiger charge is -2.14. The molecule has 1 aromatic carbocycles. The Morgan fingerprint density at radius 3 is 2.35 bits per heavy atom. The van der Waals surface area contributed by atoms with Crippen LogP contribution in [0.2, 0.25) is 0 Å². The second kappa shape index (κ2) is 4.98. The molecule has 8 heteroatoms. The van der Waals surface area contributed by atoms with E-state index in [4.69, 9.17) is 0 Å². The Kier molecular flexibility index (Phi) is 3.87. The van der Waals surface area contributed by atoms with E-state index in [1.807, 2.05) is 0 Å². The molecule has 17 heavy (non-hydrogen) atoms. The number of carbonyl (C=O) groups excluding carboxylic acids is 1. The second-order valence-corrected chi connectivity index (χ2v) is 2.72. The van der Waals surface area contributed by atoms with Gasteiger partial charge in [0.25, 0.3) is 0 Å². The molecule has 0 aromatic heterocycles. The van der Waals surface area contributed by atoms with Crippen LogP contribution in [0.1, 0.15) is 10.4 Å². The lowest BCUT2D eigenvalue weighted by molar-refractivity contribution is -0.275. The zero-order valence-corrected chi connectivity index (χ0v) is 8.00. The van der Waals surface area contributed by atoms with Crippen molar-refractivity contribution < 1.29 is 36.2 Å². The summed E-state index contributed by atoms with van der Waals surface area (Å²) in [7, 11) is 0. The maximum absolute atomic E-state index is 12.0. The Morgan fingerprint density at radius 1 is 1.24 bits per heavy atom. The fraction of sp³-hybridized carbons (Fsp3) is 0.222. The third-order valence-electron chi connectivity index (χ3n) is 1.57. The maximum Gasteiger partial charge on any atom is 0.573 e. The summed E-state index contributed by atoms with van der Waals surface area (Å²) in [5, 5.41) is 0. The van der Waals surface area contributed by atoms with Crippen LogP contribution in [0.4, 0.5) is 22.0 Å². The largest absolute Gasteiger partial charge is 0.573 e. The maximum atomic E-state index is 12.0. The van der Waals surface area contributed by atoms with Gasteiger partial charge >= 0.3 is 13.0 Å². The highest BCUT2D eigenvalue weighted by molar-refractivity contribution is 5.81. The van der Waals surface area contributed by atoms with Crippen molar-refractivity contribution in [1.29, 1.82) is 0 Å². The molecule has 0 spiro atoms. The molecule has 1 aromatic rings. The van der Waals surface area contributed by atoms with Gasteiger partial charge in [-0.15, -0.1) is 13.2 Å². The molecule has 0 N–H and O–H groups in total. The van der Waals surface area contributed by atoms with Gasteiger partial charge in [0.15, 0.2) is 17.8 Å². The summed E-state index contributed by atoms with van der Waals surface area (Å²) in [6, 6.07) is 2.90. The molecule has 0 fully saturated rings. The van der Waals surface area contributed by atoms with E-state index in [9.17, 15) is 26.7 Å². The first-order valence-corrected chi connectivity index (χ1v) is 4.12. The van der Waals surface area contributed by atoms with Gasteiger partial charge in [0, 0.05) is 0 Å². The standard InChI is InChI=1S/C9H5F5O3/c10-8(11)16-6-3-1-2-5(4-15)7(6)17-9(12,13)14/h1-4,8H. The summed E-state index contributed by atoms with van der Waals surface area (Å²) in [6.07, 6.45) is -5.07. The highest BCUT2D eigenvalue weighted by Gasteiger charge is 2.34. The summed E-state index contributed by atoms with van der Waals surface area (Å²) in [6.45, 7) is -3.33. The molecule has 0 atom stereocenters. The van der Waals surface area contributed by atoms with Gasteiger partial charge in [0.1, 0.15) is 0 Å². The molecule has 0 aliphatic heterocycles. The number of para-hydroxylation sites is 1. The van der Waals surface area contributed by atoms with Crippen LogP contribution in [0.25, 0.3) is 0 Å². The predicted octanol–water partition coefficient (Wildman–Crippen LogP) is 3.00. The molecule has 0 bridgehead atoms. The number of aldehydes is 1. The average molecular weight is 256 g/mol. The fourth-order valence-corrected chi connectivity index (χ4v) is 1.04. The van der Waals surface area contributed by atoms with Crippen LogP contribution in [-0.4, -0.2) is 19.3 Å². The van der Waals surface area contributed by atoms with E-state index in [1.54, 1.807) is 0 Å². The molecule has 0 aliphatic rings. The number of halogens is 5. The van der Waals surface area contributed by atoms with Gasteiger partial charge in [-0.05, 0) is 12.1 Å². The number of ether oxygens (including phenoxy) is 2. The third-order valence-corrected chi connectivity index (χ3v) is 1.57. The number of hydrogen-bond donors (Lipinski definition) is 0. The van der Waals surface area contributed by atoms with Gasteiger partial charge in [0.05, 0.1) is 5.56 Å². The van der Waals surface area contributed by atoms with E-state index >= 15 is 0 Å². The van der Waals surface area contributed by atoms with Crippen molar-refractivity contribution in [2.45, 2.75) is 13.0 Å². The zero-order chi connectivity index (χ0) is 13.1. The van der Waals surface area contributed by atoms with E-state index < -0.39 is 30.0 Å². The summed E-state index contributed by atoms with van der Waals surface area (Å²) in [5.41, 5.74) is -0.541.